The van der Waals surface area contributed by atoms with Crippen LogP contribution in [0.15, 0.2) is 32.2 Å². The molecule has 2 aromatic carbocycles. The van der Waals surface area contributed by atoms with Crippen LogP contribution in [0.25, 0.3) is 0 Å². The summed E-state index contributed by atoms with van der Waals surface area (Å²) in [7, 11) is 0. The summed E-state index contributed by atoms with van der Waals surface area (Å²) in [5.41, 5.74) is -1.58. The Morgan fingerprint density at radius 2 is 1.63 bits per heavy atom. The van der Waals surface area contributed by atoms with Crippen molar-refractivity contribution in [1.82, 2.24) is 5.32 Å². The number of aryl methyl sites for hydroxylation is 1. The first kappa shape index (κ1) is 20.2. The van der Waals surface area contributed by atoms with Gasteiger partial charge < -0.3 is 15.1 Å². The van der Waals surface area contributed by atoms with Crippen molar-refractivity contribution < 1.29 is 14.0 Å². The number of carbonyl (C=O) groups is 2. The van der Waals surface area contributed by atoms with Crippen molar-refractivity contribution in [3.8, 4) is 0 Å². The Morgan fingerprint density at radius 1 is 0.967 bits per heavy atom. The molecule has 0 saturated carbocycles. The van der Waals surface area contributed by atoms with Crippen molar-refractivity contribution in [2.24, 2.45) is 0 Å². The molecule has 1 atom stereocenters. The zero-order chi connectivity index (χ0) is 21.7. The van der Waals surface area contributed by atoms with Gasteiger partial charge in [0.15, 0.2) is 0 Å². The third-order valence-electron chi connectivity index (χ3n) is 4.90. The SMILES string of the molecule is CCC(Nc1c(Nc2c(Cl)cc(Cl)c3c2C(=O)NC3=O)c(=O)c1=O)c1ccc(C)o1. The minimum Gasteiger partial charge on any atom is -0.464 e. The van der Waals surface area contributed by atoms with Crippen LogP contribution in [0.2, 0.25) is 10.0 Å². The van der Waals surface area contributed by atoms with E-state index in [1.54, 1.807) is 19.1 Å². The number of imide groups is 1. The lowest BCUT2D eigenvalue weighted by Crippen LogP contribution is -2.37. The molecule has 0 aliphatic carbocycles. The fourth-order valence-electron chi connectivity index (χ4n) is 3.38. The highest BCUT2D eigenvalue weighted by atomic mass is 35.5. The molecular formula is C20H15Cl2N3O5. The maximum atomic E-state index is 12.2. The van der Waals surface area contributed by atoms with Crippen LogP contribution in [0.4, 0.5) is 17.1 Å². The van der Waals surface area contributed by atoms with Gasteiger partial charge in [-0.1, -0.05) is 30.1 Å². The van der Waals surface area contributed by atoms with Crippen LogP contribution in [0.1, 0.15) is 51.6 Å². The molecule has 1 aliphatic heterocycles. The van der Waals surface area contributed by atoms with E-state index in [0.29, 0.717) is 17.9 Å². The summed E-state index contributed by atoms with van der Waals surface area (Å²) in [5.74, 6) is -0.0351. The Hall–Kier alpha value is -3.10. The summed E-state index contributed by atoms with van der Waals surface area (Å²) >= 11 is 12.3. The third kappa shape index (κ3) is 3.09. The van der Waals surface area contributed by atoms with Gasteiger partial charge in [0.1, 0.15) is 22.9 Å². The molecule has 2 amide bonds. The number of fused-ring (bicyclic) bond motifs is 1. The lowest BCUT2D eigenvalue weighted by Gasteiger charge is -2.21. The van der Waals surface area contributed by atoms with Crippen molar-refractivity contribution in [2.75, 3.05) is 10.6 Å². The molecule has 0 saturated heterocycles. The number of amides is 2. The van der Waals surface area contributed by atoms with Crippen molar-refractivity contribution in [3.05, 3.63) is 71.3 Å². The number of nitrogens with one attached hydrogen (secondary N) is 3. The largest absolute Gasteiger partial charge is 0.464 e. The highest BCUT2D eigenvalue weighted by Crippen LogP contribution is 2.39. The fourth-order valence-corrected chi connectivity index (χ4v) is 3.98. The molecule has 3 N–H and O–H groups in total. The van der Waals surface area contributed by atoms with Gasteiger partial charge in [0.2, 0.25) is 0 Å². The Bertz CT molecular complexity index is 1290. The topological polar surface area (TPSA) is 118 Å². The molecule has 1 aromatic heterocycles. The van der Waals surface area contributed by atoms with E-state index in [1.807, 2.05) is 6.92 Å². The first-order chi connectivity index (χ1) is 14.2. The number of carbonyl (C=O) groups excluding carboxylic acids is 2. The van der Waals surface area contributed by atoms with Crippen LogP contribution in [0.5, 0.6) is 0 Å². The number of hydrogen-bond donors (Lipinski definition) is 3. The van der Waals surface area contributed by atoms with Gasteiger partial charge in [-0.05, 0) is 31.5 Å². The summed E-state index contributed by atoms with van der Waals surface area (Å²) in [6, 6.07) is 4.53. The zero-order valence-electron chi connectivity index (χ0n) is 15.8. The van der Waals surface area contributed by atoms with Crippen LogP contribution in [-0.2, 0) is 0 Å². The van der Waals surface area contributed by atoms with Gasteiger partial charge in [0.05, 0.1) is 32.9 Å². The van der Waals surface area contributed by atoms with Crippen molar-refractivity contribution in [3.63, 3.8) is 0 Å². The second kappa shape index (κ2) is 7.30. The quantitative estimate of drug-likeness (QED) is 0.389. The van der Waals surface area contributed by atoms with Crippen LogP contribution in [0, 0.1) is 6.92 Å². The van der Waals surface area contributed by atoms with Crippen LogP contribution < -0.4 is 26.8 Å². The van der Waals surface area contributed by atoms with Gasteiger partial charge in [-0.25, -0.2) is 0 Å². The number of halogens is 2. The molecule has 10 heteroatoms. The van der Waals surface area contributed by atoms with Gasteiger partial charge >= 0.3 is 0 Å². The lowest BCUT2D eigenvalue weighted by molar-refractivity contribution is 0.0880. The van der Waals surface area contributed by atoms with E-state index in [9.17, 15) is 19.2 Å². The van der Waals surface area contributed by atoms with Crippen LogP contribution in [0.3, 0.4) is 0 Å². The van der Waals surface area contributed by atoms with Crippen LogP contribution >= 0.6 is 23.2 Å². The summed E-state index contributed by atoms with van der Waals surface area (Å²) in [6.45, 7) is 3.70. The monoisotopic (exact) mass is 447 g/mol. The first-order valence-electron chi connectivity index (χ1n) is 9.03. The Kier molecular flexibility index (Phi) is 4.91. The van der Waals surface area contributed by atoms with E-state index in [4.69, 9.17) is 27.6 Å². The molecule has 154 valence electrons. The molecular weight excluding hydrogens is 433 g/mol. The fraction of sp³-hybridized carbons (Fsp3) is 0.200. The van der Waals surface area contributed by atoms with Gasteiger partial charge in [-0.2, -0.15) is 0 Å². The molecule has 2 heterocycles. The van der Waals surface area contributed by atoms with Gasteiger partial charge in [0, 0.05) is 0 Å². The maximum Gasteiger partial charge on any atom is 0.261 e. The zero-order valence-corrected chi connectivity index (χ0v) is 17.3. The van der Waals surface area contributed by atoms with E-state index in [0.717, 1.165) is 0 Å². The molecule has 1 unspecified atom stereocenters. The number of rotatable bonds is 6. The minimum absolute atomic E-state index is 0.00600. The molecule has 30 heavy (non-hydrogen) atoms. The highest BCUT2D eigenvalue weighted by molar-refractivity contribution is 6.42. The van der Waals surface area contributed by atoms with E-state index in [2.05, 4.69) is 16.0 Å². The van der Waals surface area contributed by atoms with E-state index >= 15 is 0 Å². The maximum absolute atomic E-state index is 12.2. The van der Waals surface area contributed by atoms with Crippen molar-refractivity contribution in [2.45, 2.75) is 26.3 Å². The number of furan rings is 1. The molecule has 8 nitrogen and oxygen atoms in total. The molecule has 0 spiro atoms. The average Bonchev–Trinajstić information content (AvgIpc) is 3.26. The summed E-state index contributed by atoms with van der Waals surface area (Å²) < 4.78 is 5.61. The molecule has 0 radical (unpaired) electrons. The second-order valence-corrected chi connectivity index (χ2v) is 7.65. The summed E-state index contributed by atoms with van der Waals surface area (Å²) in [4.78, 5) is 48.7. The van der Waals surface area contributed by atoms with Crippen molar-refractivity contribution in [1.29, 1.82) is 0 Å². The first-order valence-corrected chi connectivity index (χ1v) is 9.79. The normalized spacial score (nSPS) is 14.0. The second-order valence-electron chi connectivity index (χ2n) is 6.84. The average molecular weight is 448 g/mol. The summed E-state index contributed by atoms with van der Waals surface area (Å²) in [6.07, 6.45) is 0.583. The number of hydrogen-bond acceptors (Lipinski definition) is 7. The third-order valence-corrected chi connectivity index (χ3v) is 5.50. The molecule has 4 rings (SSSR count). The van der Waals surface area contributed by atoms with Crippen LogP contribution in [-0.4, -0.2) is 11.8 Å². The standard InChI is InChI=1S/C20H15Cl2N3O5/c1-3-10(11-5-4-7(2)30-11)23-15-16(18(27)17(15)26)24-14-9(22)6-8(21)12-13(14)20(29)25-19(12)28/h4-6,10,23-24H,3H2,1-2H3,(H,25,28,29). The Balaban J connectivity index is 1.73. The predicted octanol–water partition coefficient (Wildman–Crippen LogP) is 3.68. The number of anilines is 3. The van der Waals surface area contributed by atoms with E-state index < -0.39 is 22.7 Å². The minimum atomic E-state index is -0.771. The van der Waals surface area contributed by atoms with Crippen molar-refractivity contribution >= 4 is 52.1 Å². The molecule has 3 aromatic rings. The number of benzene rings is 1. The Morgan fingerprint density at radius 3 is 2.27 bits per heavy atom. The molecule has 0 fully saturated rings. The summed E-state index contributed by atoms with van der Waals surface area (Å²) in [5, 5.41) is 7.94. The van der Waals surface area contributed by atoms with E-state index in [1.165, 1.54) is 6.07 Å². The molecule has 1 aliphatic rings. The van der Waals surface area contributed by atoms with Gasteiger partial charge in [-0.3, -0.25) is 24.5 Å². The highest BCUT2D eigenvalue weighted by Gasteiger charge is 2.35. The lowest BCUT2D eigenvalue weighted by atomic mass is 10.1. The molecule has 0 bridgehead atoms. The smallest absolute Gasteiger partial charge is 0.261 e. The van der Waals surface area contributed by atoms with Gasteiger partial charge in [-0.15, -0.1) is 0 Å². The Labute approximate surface area is 179 Å². The van der Waals surface area contributed by atoms with Gasteiger partial charge in [0.25, 0.3) is 22.7 Å². The van der Waals surface area contributed by atoms with E-state index in [-0.39, 0.29) is 44.3 Å². The predicted molar refractivity (Wildman–Crippen MR) is 113 cm³/mol.